The van der Waals surface area contributed by atoms with Crippen molar-refractivity contribution < 1.29 is 5.11 Å². The molecule has 2 unspecified atom stereocenters. The van der Waals surface area contributed by atoms with Gasteiger partial charge in [0.05, 0.1) is 23.5 Å². The summed E-state index contributed by atoms with van der Waals surface area (Å²) in [6.45, 7) is 7.08. The molecule has 144 valence electrons. The van der Waals surface area contributed by atoms with E-state index in [1.165, 1.54) is 5.56 Å². The first kappa shape index (κ1) is 18.5. The Bertz CT molecular complexity index is 1010. The van der Waals surface area contributed by atoms with Crippen LogP contribution in [0.1, 0.15) is 41.7 Å². The van der Waals surface area contributed by atoms with Gasteiger partial charge in [-0.1, -0.05) is 18.2 Å². The molecule has 3 heterocycles. The van der Waals surface area contributed by atoms with Gasteiger partial charge in [-0.15, -0.1) is 0 Å². The van der Waals surface area contributed by atoms with Gasteiger partial charge in [0.25, 0.3) is 0 Å². The van der Waals surface area contributed by atoms with Gasteiger partial charge in [0, 0.05) is 24.1 Å². The van der Waals surface area contributed by atoms with Crippen molar-refractivity contribution in [3.05, 3.63) is 77.4 Å². The van der Waals surface area contributed by atoms with Crippen LogP contribution in [0.5, 0.6) is 5.75 Å². The van der Waals surface area contributed by atoms with E-state index in [-0.39, 0.29) is 17.8 Å². The molecule has 4 rings (SSSR count). The topological polar surface area (TPSA) is 53.3 Å². The van der Waals surface area contributed by atoms with E-state index in [9.17, 15) is 5.11 Å². The van der Waals surface area contributed by atoms with Crippen LogP contribution < -0.4 is 5.32 Å². The first-order valence-electron chi connectivity index (χ1n) is 9.48. The fraction of sp³-hybridized carbons (Fsp3) is 0.273. The second-order valence-corrected chi connectivity index (χ2v) is 7.45. The van der Waals surface area contributed by atoms with E-state index < -0.39 is 0 Å². The van der Waals surface area contributed by atoms with Crippen molar-refractivity contribution in [1.29, 1.82) is 0 Å². The highest BCUT2D eigenvalue weighted by molar-refractivity contribution is 7.80. The minimum atomic E-state index is -0.0213. The molecule has 0 aliphatic carbocycles. The first-order valence-corrected chi connectivity index (χ1v) is 9.89. The van der Waals surface area contributed by atoms with Crippen molar-refractivity contribution >= 4 is 17.3 Å². The normalized spacial score (nSPS) is 19.1. The summed E-state index contributed by atoms with van der Waals surface area (Å²) in [6.07, 6.45) is 1.82. The number of likely N-dealkylation sites (N-methyl/N-ethyl adjacent to an activating group) is 1. The van der Waals surface area contributed by atoms with Crippen molar-refractivity contribution in [1.82, 2.24) is 19.8 Å². The van der Waals surface area contributed by atoms with Gasteiger partial charge in [0.1, 0.15) is 5.75 Å². The van der Waals surface area contributed by atoms with Crippen LogP contribution in [0.3, 0.4) is 0 Å². The minimum Gasteiger partial charge on any atom is -0.506 e. The number of phenols is 1. The quantitative estimate of drug-likeness (QED) is 0.652. The standard InChI is InChI=1S/C22H24N4OS/c1-4-25-21(20(24-22(25)28)17-9-7-8-12-23-17)16-13-14(2)26(15(16)3)18-10-5-6-11-19(18)27/h5-13,20-21,27H,4H2,1-3H3,(H,24,28). The van der Waals surface area contributed by atoms with Crippen molar-refractivity contribution in [2.45, 2.75) is 32.9 Å². The number of benzene rings is 1. The lowest BCUT2D eigenvalue weighted by Crippen LogP contribution is -2.29. The van der Waals surface area contributed by atoms with Crippen LogP contribution in [0.15, 0.2) is 54.7 Å². The molecule has 0 saturated carbocycles. The number of aryl methyl sites for hydroxylation is 1. The molecule has 1 fully saturated rings. The Morgan fingerprint density at radius 3 is 2.57 bits per heavy atom. The molecular formula is C22H24N4OS. The SMILES string of the molecule is CCN1C(=S)NC(c2ccccn2)C1c1cc(C)n(-c2ccccc2O)c1C. The molecule has 0 bridgehead atoms. The maximum absolute atomic E-state index is 10.4. The van der Waals surface area contributed by atoms with Gasteiger partial charge in [0.15, 0.2) is 5.11 Å². The summed E-state index contributed by atoms with van der Waals surface area (Å²) in [7, 11) is 0. The van der Waals surface area contributed by atoms with E-state index >= 15 is 0 Å². The van der Waals surface area contributed by atoms with Gasteiger partial charge in [-0.3, -0.25) is 4.98 Å². The Labute approximate surface area is 170 Å². The average molecular weight is 393 g/mol. The number of aromatic nitrogens is 2. The molecule has 1 aromatic carbocycles. The van der Waals surface area contributed by atoms with Crippen LogP contribution in [-0.4, -0.2) is 31.2 Å². The molecular weight excluding hydrogens is 368 g/mol. The van der Waals surface area contributed by atoms with Crippen molar-refractivity contribution in [2.24, 2.45) is 0 Å². The molecule has 6 heteroatoms. The smallest absolute Gasteiger partial charge is 0.170 e. The average Bonchev–Trinajstić information content (AvgIpc) is 3.18. The highest BCUT2D eigenvalue weighted by atomic mass is 32.1. The van der Waals surface area contributed by atoms with Crippen LogP contribution >= 0.6 is 12.2 Å². The molecule has 3 aromatic rings. The van der Waals surface area contributed by atoms with Gasteiger partial charge in [-0.2, -0.15) is 0 Å². The lowest BCUT2D eigenvalue weighted by molar-refractivity contribution is 0.329. The van der Waals surface area contributed by atoms with Crippen LogP contribution in [-0.2, 0) is 0 Å². The number of thiocarbonyl (C=S) groups is 1. The zero-order chi connectivity index (χ0) is 19.8. The summed E-state index contributed by atoms with van der Waals surface area (Å²) in [4.78, 5) is 6.79. The van der Waals surface area contributed by atoms with Gasteiger partial charge in [-0.25, -0.2) is 0 Å². The molecule has 0 spiro atoms. The highest BCUT2D eigenvalue weighted by Crippen LogP contribution is 2.41. The van der Waals surface area contributed by atoms with Crippen LogP contribution in [0.4, 0.5) is 0 Å². The molecule has 5 nitrogen and oxygen atoms in total. The van der Waals surface area contributed by atoms with Gasteiger partial charge in [0.2, 0.25) is 0 Å². The zero-order valence-electron chi connectivity index (χ0n) is 16.3. The number of hydrogen-bond donors (Lipinski definition) is 2. The molecule has 2 N–H and O–H groups in total. The fourth-order valence-corrected chi connectivity index (χ4v) is 4.57. The number of nitrogens with zero attached hydrogens (tertiary/aromatic N) is 3. The number of phenolic OH excluding ortho intramolecular Hbond substituents is 1. The summed E-state index contributed by atoms with van der Waals surface area (Å²) in [6, 6.07) is 15.6. The van der Waals surface area contributed by atoms with Crippen LogP contribution in [0, 0.1) is 13.8 Å². The second-order valence-electron chi connectivity index (χ2n) is 7.06. The fourth-order valence-electron chi connectivity index (χ4n) is 4.20. The lowest BCUT2D eigenvalue weighted by atomic mass is 9.97. The maximum atomic E-state index is 10.4. The van der Waals surface area contributed by atoms with Crippen molar-refractivity contribution in [3.63, 3.8) is 0 Å². The zero-order valence-corrected chi connectivity index (χ0v) is 17.1. The molecule has 28 heavy (non-hydrogen) atoms. The third-order valence-electron chi connectivity index (χ3n) is 5.45. The monoisotopic (exact) mass is 392 g/mol. The largest absolute Gasteiger partial charge is 0.506 e. The summed E-state index contributed by atoms with van der Waals surface area (Å²) >= 11 is 5.63. The molecule has 0 radical (unpaired) electrons. The molecule has 2 atom stereocenters. The number of pyridine rings is 1. The van der Waals surface area contributed by atoms with Gasteiger partial charge >= 0.3 is 0 Å². The van der Waals surface area contributed by atoms with Crippen LogP contribution in [0.2, 0.25) is 0 Å². The van der Waals surface area contributed by atoms with E-state index in [0.29, 0.717) is 0 Å². The highest BCUT2D eigenvalue weighted by Gasteiger charge is 2.40. The minimum absolute atomic E-state index is 0.0213. The third-order valence-corrected chi connectivity index (χ3v) is 5.80. The van der Waals surface area contributed by atoms with Crippen molar-refractivity contribution in [2.75, 3.05) is 6.54 Å². The predicted molar refractivity (Wildman–Crippen MR) is 115 cm³/mol. The second kappa shape index (κ2) is 7.28. The van der Waals surface area contributed by atoms with Crippen molar-refractivity contribution in [3.8, 4) is 11.4 Å². The third kappa shape index (κ3) is 2.94. The summed E-state index contributed by atoms with van der Waals surface area (Å²) in [5.41, 5.74) is 5.11. The molecule has 1 aliphatic rings. The Morgan fingerprint density at radius 1 is 1.14 bits per heavy atom. The first-order chi connectivity index (χ1) is 13.5. The summed E-state index contributed by atoms with van der Waals surface area (Å²) < 4.78 is 2.11. The predicted octanol–water partition coefficient (Wildman–Crippen LogP) is 4.19. The Hall–Kier alpha value is -2.86. The van der Waals surface area contributed by atoms with E-state index in [1.807, 2.05) is 42.6 Å². The van der Waals surface area contributed by atoms with E-state index in [4.69, 9.17) is 12.2 Å². The summed E-state index contributed by atoms with van der Waals surface area (Å²) in [5, 5.41) is 14.6. The van der Waals surface area contributed by atoms with Crippen LogP contribution in [0.25, 0.3) is 5.69 Å². The van der Waals surface area contributed by atoms with Gasteiger partial charge in [-0.05, 0) is 68.9 Å². The van der Waals surface area contributed by atoms with E-state index in [1.54, 1.807) is 6.07 Å². The Kier molecular flexibility index (Phi) is 4.81. The number of rotatable bonds is 4. The maximum Gasteiger partial charge on any atom is 0.170 e. The summed E-state index contributed by atoms with van der Waals surface area (Å²) in [5.74, 6) is 0.268. The lowest BCUT2D eigenvalue weighted by Gasteiger charge is -2.27. The molecule has 1 saturated heterocycles. The molecule has 1 aliphatic heterocycles. The number of hydrogen-bond acceptors (Lipinski definition) is 3. The van der Waals surface area contributed by atoms with E-state index in [0.717, 1.165) is 34.4 Å². The van der Waals surface area contributed by atoms with E-state index in [2.05, 4.69) is 46.6 Å². The Balaban J connectivity index is 1.85. The number of nitrogens with one attached hydrogen (secondary N) is 1. The van der Waals surface area contributed by atoms with Gasteiger partial charge < -0.3 is 19.9 Å². The Morgan fingerprint density at radius 2 is 1.89 bits per heavy atom. The molecule has 0 amide bonds. The molecule has 2 aromatic heterocycles. The number of para-hydroxylation sites is 2. The number of aromatic hydroxyl groups is 1.